The van der Waals surface area contributed by atoms with Crippen molar-refractivity contribution in [1.29, 1.82) is 0 Å². The SMILES string of the molecule is NCC(Cn1ccnn1)C1CNCC(C2CNCCC2n2cc(C(=O)O)nn2)C1n1ccnn1. The van der Waals surface area contributed by atoms with Crippen molar-refractivity contribution in [2.45, 2.75) is 25.0 Å². The number of piperidine rings is 2. The van der Waals surface area contributed by atoms with Crippen LogP contribution in [0.2, 0.25) is 0 Å². The summed E-state index contributed by atoms with van der Waals surface area (Å²) >= 11 is 0. The Labute approximate surface area is 195 Å². The molecule has 0 radical (unpaired) electrons. The van der Waals surface area contributed by atoms with E-state index in [2.05, 4.69) is 41.6 Å². The van der Waals surface area contributed by atoms with Gasteiger partial charge in [0.2, 0.25) is 0 Å². The van der Waals surface area contributed by atoms with Crippen LogP contribution in [0.5, 0.6) is 0 Å². The van der Waals surface area contributed by atoms with Gasteiger partial charge in [0, 0.05) is 44.5 Å². The lowest BCUT2D eigenvalue weighted by molar-refractivity contribution is 0.0383. The molecule has 2 saturated heterocycles. The first-order valence-electron chi connectivity index (χ1n) is 11.6. The third-order valence-corrected chi connectivity index (χ3v) is 7.30. The zero-order chi connectivity index (χ0) is 23.5. The third kappa shape index (κ3) is 4.43. The summed E-state index contributed by atoms with van der Waals surface area (Å²) in [7, 11) is 0. The number of hydrogen-bond acceptors (Lipinski definition) is 10. The molecule has 2 aliphatic rings. The maximum atomic E-state index is 11.4. The van der Waals surface area contributed by atoms with Gasteiger partial charge in [0.25, 0.3) is 0 Å². The highest BCUT2D eigenvalue weighted by Gasteiger charge is 2.45. The first-order chi connectivity index (χ1) is 16.7. The average Bonchev–Trinajstić information content (AvgIpc) is 3.65. The van der Waals surface area contributed by atoms with Crippen molar-refractivity contribution in [1.82, 2.24) is 55.6 Å². The number of carbonyl (C=O) groups is 1. The lowest BCUT2D eigenvalue weighted by Gasteiger charge is -2.47. The molecule has 5 N–H and O–H groups in total. The van der Waals surface area contributed by atoms with Gasteiger partial charge in [0.1, 0.15) is 0 Å². The minimum absolute atomic E-state index is 0.0186. The van der Waals surface area contributed by atoms with E-state index in [0.717, 1.165) is 32.6 Å². The van der Waals surface area contributed by atoms with Gasteiger partial charge in [-0.2, -0.15) is 0 Å². The number of carboxylic acid groups (broad SMARTS) is 1. The van der Waals surface area contributed by atoms with Crippen LogP contribution in [-0.2, 0) is 6.54 Å². The van der Waals surface area contributed by atoms with Crippen molar-refractivity contribution < 1.29 is 9.90 Å². The lowest BCUT2D eigenvalue weighted by Crippen LogP contribution is -2.55. The molecule has 0 bridgehead atoms. The van der Waals surface area contributed by atoms with Crippen molar-refractivity contribution in [2.75, 3.05) is 32.7 Å². The van der Waals surface area contributed by atoms with Gasteiger partial charge in [0.05, 0.1) is 30.7 Å². The largest absolute Gasteiger partial charge is 0.476 e. The molecule has 2 aliphatic heterocycles. The standard InChI is InChI=1S/C20H30N12O2/c21-7-13(11-30-5-3-24-27-30)14-8-23-10-16(19(14)31-6-4-25-28-31)15-9-22-2-1-18(15)32-12-17(20(33)34)26-29-32/h3-6,12-16,18-19,22-23H,1-2,7-11,21H2,(H,33,34). The summed E-state index contributed by atoms with van der Waals surface area (Å²) in [5.41, 5.74) is 6.24. The van der Waals surface area contributed by atoms with Gasteiger partial charge in [-0.05, 0) is 37.3 Å². The molecule has 6 unspecified atom stereocenters. The van der Waals surface area contributed by atoms with Crippen LogP contribution in [0.25, 0.3) is 0 Å². The summed E-state index contributed by atoms with van der Waals surface area (Å²) in [6.45, 7) is 4.38. The number of carboxylic acids is 1. The topological polar surface area (TPSA) is 180 Å². The first kappa shape index (κ1) is 22.6. The number of nitrogens with zero attached hydrogens (tertiary/aromatic N) is 9. The predicted molar refractivity (Wildman–Crippen MR) is 118 cm³/mol. The van der Waals surface area contributed by atoms with Gasteiger partial charge < -0.3 is 21.5 Å². The molecule has 3 aromatic heterocycles. The van der Waals surface area contributed by atoms with Crippen LogP contribution in [0.1, 0.15) is 29.0 Å². The summed E-state index contributed by atoms with van der Waals surface area (Å²) in [5.74, 6) is -0.392. The monoisotopic (exact) mass is 470 g/mol. The molecule has 182 valence electrons. The minimum Gasteiger partial charge on any atom is -0.476 e. The molecule has 0 spiro atoms. The van der Waals surface area contributed by atoms with E-state index < -0.39 is 5.97 Å². The molecule has 0 aromatic carbocycles. The highest BCUT2D eigenvalue weighted by Crippen LogP contribution is 2.42. The molecule has 2 fully saturated rings. The highest BCUT2D eigenvalue weighted by molar-refractivity contribution is 5.84. The molecule has 3 aromatic rings. The van der Waals surface area contributed by atoms with Gasteiger partial charge in [-0.15, -0.1) is 15.3 Å². The molecule has 34 heavy (non-hydrogen) atoms. The molecule has 14 nitrogen and oxygen atoms in total. The van der Waals surface area contributed by atoms with E-state index in [0.29, 0.717) is 13.1 Å². The predicted octanol–water partition coefficient (Wildman–Crippen LogP) is -1.34. The van der Waals surface area contributed by atoms with Crippen LogP contribution in [0.4, 0.5) is 0 Å². The molecular formula is C20H30N12O2. The third-order valence-electron chi connectivity index (χ3n) is 7.30. The van der Waals surface area contributed by atoms with Crippen molar-refractivity contribution in [3.63, 3.8) is 0 Å². The Morgan fingerprint density at radius 2 is 1.91 bits per heavy atom. The van der Waals surface area contributed by atoms with Crippen molar-refractivity contribution in [2.24, 2.45) is 29.4 Å². The molecule has 0 saturated carbocycles. The quantitative estimate of drug-likeness (QED) is 0.306. The Hall–Kier alpha value is -3.23. The second-order valence-corrected chi connectivity index (χ2v) is 9.09. The number of nitrogens with one attached hydrogen (secondary N) is 2. The fourth-order valence-electron chi connectivity index (χ4n) is 5.72. The maximum Gasteiger partial charge on any atom is 0.358 e. The van der Waals surface area contributed by atoms with E-state index in [9.17, 15) is 9.90 Å². The molecule has 5 rings (SSSR count). The Morgan fingerprint density at radius 1 is 1.09 bits per heavy atom. The maximum absolute atomic E-state index is 11.4. The van der Waals surface area contributed by atoms with Crippen molar-refractivity contribution >= 4 is 5.97 Å². The van der Waals surface area contributed by atoms with Crippen molar-refractivity contribution in [3.05, 3.63) is 36.7 Å². The van der Waals surface area contributed by atoms with Crippen LogP contribution < -0.4 is 16.4 Å². The van der Waals surface area contributed by atoms with E-state index in [1.165, 1.54) is 6.20 Å². The first-order valence-corrected chi connectivity index (χ1v) is 11.6. The number of aromatic nitrogens is 9. The summed E-state index contributed by atoms with van der Waals surface area (Å²) in [4.78, 5) is 11.4. The van der Waals surface area contributed by atoms with Crippen LogP contribution >= 0.6 is 0 Å². The smallest absolute Gasteiger partial charge is 0.358 e. The molecule has 0 amide bonds. The summed E-state index contributed by atoms with van der Waals surface area (Å²) < 4.78 is 5.52. The summed E-state index contributed by atoms with van der Waals surface area (Å²) in [5, 5.41) is 41.1. The van der Waals surface area contributed by atoms with Gasteiger partial charge in [-0.1, -0.05) is 15.6 Å². The van der Waals surface area contributed by atoms with Gasteiger partial charge in [-0.25, -0.2) is 14.2 Å². The normalized spacial score (nSPS) is 28.6. The molecule has 14 heteroatoms. The van der Waals surface area contributed by atoms with Crippen LogP contribution in [0.3, 0.4) is 0 Å². The number of aromatic carboxylic acids is 1. The molecule has 5 heterocycles. The summed E-state index contributed by atoms with van der Waals surface area (Å²) in [6.07, 6.45) is 9.52. The van der Waals surface area contributed by atoms with Crippen LogP contribution in [-0.4, -0.2) is 88.8 Å². The Kier molecular flexibility index (Phi) is 6.60. The second-order valence-electron chi connectivity index (χ2n) is 9.09. The van der Waals surface area contributed by atoms with E-state index in [-0.39, 0.29) is 41.4 Å². The lowest BCUT2D eigenvalue weighted by atomic mass is 9.69. The average molecular weight is 471 g/mol. The number of hydrogen-bond donors (Lipinski definition) is 4. The van der Waals surface area contributed by atoms with Gasteiger partial charge in [0.15, 0.2) is 5.69 Å². The molecule has 6 atom stereocenters. The van der Waals surface area contributed by atoms with Crippen LogP contribution in [0, 0.1) is 23.7 Å². The fraction of sp³-hybridized carbons (Fsp3) is 0.650. The van der Waals surface area contributed by atoms with E-state index >= 15 is 0 Å². The molecule has 0 aliphatic carbocycles. The molecular weight excluding hydrogens is 440 g/mol. The van der Waals surface area contributed by atoms with E-state index in [4.69, 9.17) is 5.73 Å². The van der Waals surface area contributed by atoms with Crippen molar-refractivity contribution in [3.8, 4) is 0 Å². The minimum atomic E-state index is -1.07. The zero-order valence-electron chi connectivity index (χ0n) is 18.8. The van der Waals surface area contributed by atoms with E-state index in [1.54, 1.807) is 17.1 Å². The Balaban J connectivity index is 1.47. The van der Waals surface area contributed by atoms with Gasteiger partial charge in [-0.3, -0.25) is 4.68 Å². The fourth-order valence-corrected chi connectivity index (χ4v) is 5.72. The Morgan fingerprint density at radius 3 is 2.62 bits per heavy atom. The highest BCUT2D eigenvalue weighted by atomic mass is 16.4. The van der Waals surface area contributed by atoms with E-state index in [1.807, 2.05) is 21.8 Å². The number of nitrogens with two attached hydrogens (primary N) is 1. The van der Waals surface area contributed by atoms with Gasteiger partial charge >= 0.3 is 5.97 Å². The Bertz CT molecular complexity index is 1050. The van der Waals surface area contributed by atoms with Crippen LogP contribution in [0.15, 0.2) is 31.0 Å². The second kappa shape index (κ2) is 9.95. The number of rotatable bonds is 8. The zero-order valence-corrected chi connectivity index (χ0v) is 18.8. The summed E-state index contributed by atoms with van der Waals surface area (Å²) in [6, 6.07) is 0.0701.